The van der Waals surface area contributed by atoms with Crippen LogP contribution in [0.2, 0.25) is 0 Å². The van der Waals surface area contributed by atoms with Crippen LogP contribution in [-0.2, 0) is 10.8 Å². The van der Waals surface area contributed by atoms with Crippen LogP contribution >= 0.6 is 0 Å². The Balaban J connectivity index is 0.909. The Bertz CT molecular complexity index is 5750. The molecule has 0 fully saturated rings. The molecule has 2 atom stereocenters. The predicted molar refractivity (Wildman–Crippen MR) is 400 cm³/mol. The molecule has 1 aromatic heterocycles. The third-order valence-electron chi connectivity index (χ3n) is 21.4. The third kappa shape index (κ3) is 8.54. The molecule has 96 heavy (non-hydrogen) atoms. The minimum absolute atomic E-state index is 0.0908. The first kappa shape index (κ1) is 55.9. The summed E-state index contributed by atoms with van der Waals surface area (Å²) in [5.74, 6) is 1.02. The average molecular weight is 1230 g/mol. The molecule has 0 saturated heterocycles. The molecule has 3 aliphatic carbocycles. The number of para-hydroxylation sites is 3. The first-order valence-corrected chi connectivity index (χ1v) is 33.6. The van der Waals surface area contributed by atoms with Crippen LogP contribution in [0.5, 0.6) is 5.75 Å². The molecule has 0 spiro atoms. The zero-order valence-corrected chi connectivity index (χ0v) is 53.9. The molecule has 15 aromatic rings. The number of ether oxygens (including phenoxy) is 1. The van der Waals surface area contributed by atoms with Crippen LogP contribution in [0.25, 0.3) is 110 Å². The van der Waals surface area contributed by atoms with Gasteiger partial charge in [0.2, 0.25) is 0 Å². The lowest BCUT2D eigenvalue weighted by atomic mass is 9.79. The van der Waals surface area contributed by atoms with Crippen LogP contribution in [0, 0.1) is 0 Å². The van der Waals surface area contributed by atoms with Crippen LogP contribution in [-0.4, -0.2) is 6.10 Å². The fraction of sp³-hybridized carbons (Fsp3) is 0.0870. The molecule has 4 aliphatic rings. The molecule has 4 heteroatoms. The van der Waals surface area contributed by atoms with Gasteiger partial charge in [0, 0.05) is 55.8 Å². The van der Waals surface area contributed by atoms with Crippen molar-refractivity contribution in [2.75, 3.05) is 9.80 Å². The molecule has 0 saturated carbocycles. The minimum atomic E-state index is -0.244. The monoisotopic (exact) mass is 1230 g/mol. The summed E-state index contributed by atoms with van der Waals surface area (Å²) < 4.78 is 14.1. The highest BCUT2D eigenvalue weighted by atomic mass is 16.5. The summed E-state index contributed by atoms with van der Waals surface area (Å²) in [5.41, 5.74) is 28.3. The van der Waals surface area contributed by atoms with Crippen molar-refractivity contribution in [1.82, 2.24) is 0 Å². The van der Waals surface area contributed by atoms with Crippen molar-refractivity contribution < 1.29 is 9.15 Å². The number of hydrogen-bond donors (Lipinski definition) is 0. The van der Waals surface area contributed by atoms with Gasteiger partial charge in [0.25, 0.3) is 0 Å². The Morgan fingerprint density at radius 3 is 1.34 bits per heavy atom. The standard InChI is InChI=1S/C92H66N2O2/c1-91(2)79-31-15-11-25-67(79)69-49-41-61(53-81(69)91)87-73-51-47-66(94(64-45-39-60(40-46-64)58-23-9-6-10-24-58)84-34-20-30-76-72-28-14-18-36-86(72)96-90(76)84)56-78(73)88(62-42-50-70-68-26-12-16-32-80(68)92(3,4)82(70)54-62)74-52-48-65(55-77(74)87)93(63-43-37-59(38-44-63)57-21-7-5-8-22-57)83-33-19-29-75-71-27-13-17-35-85(71)95-89(75)83/h5-56,71,85H,1-4H3. The quantitative estimate of drug-likeness (QED) is 0.128. The lowest BCUT2D eigenvalue weighted by Crippen LogP contribution is -2.16. The number of fused-ring (bicyclic) bond motifs is 14. The van der Waals surface area contributed by atoms with E-state index in [1.807, 2.05) is 0 Å². The molecule has 14 aromatic carbocycles. The molecule has 0 N–H and O–H groups in total. The van der Waals surface area contributed by atoms with Gasteiger partial charge in [-0.15, -0.1) is 0 Å². The lowest BCUT2D eigenvalue weighted by Gasteiger charge is -2.29. The number of nitrogens with zero attached hydrogens (tertiary/aromatic N) is 2. The van der Waals surface area contributed by atoms with Gasteiger partial charge < -0.3 is 19.0 Å². The third-order valence-corrected chi connectivity index (χ3v) is 21.4. The maximum Gasteiger partial charge on any atom is 0.159 e. The van der Waals surface area contributed by atoms with Gasteiger partial charge in [0.1, 0.15) is 17.4 Å². The van der Waals surface area contributed by atoms with Crippen LogP contribution in [0.1, 0.15) is 61.4 Å². The molecular formula is C92H66N2O2. The summed E-state index contributed by atoms with van der Waals surface area (Å²) in [4.78, 5) is 4.85. The number of rotatable bonds is 10. The SMILES string of the molecule is CC1(C)c2ccccc2-c2ccc(-c3c4ccc(N(c5ccc(-c6ccccc6)cc5)c5cccc6c5oc5ccccc56)cc4c(-c4ccc5c(c4)C(C)(C)c4ccccc4-5)c4ccc(N(c5ccc(-c6ccccc6)cc5)c5cccc6c5OC5C=CC=CC65)cc34)cc21. The van der Waals surface area contributed by atoms with Gasteiger partial charge in [-0.25, -0.2) is 0 Å². The Labute approximate surface area is 559 Å². The topological polar surface area (TPSA) is 28.9 Å². The Hall–Kier alpha value is -11.7. The summed E-state index contributed by atoms with van der Waals surface area (Å²) in [7, 11) is 0. The maximum absolute atomic E-state index is 7.11. The molecule has 2 heterocycles. The molecule has 0 radical (unpaired) electrons. The molecule has 0 bridgehead atoms. The van der Waals surface area contributed by atoms with E-state index < -0.39 is 0 Å². The Morgan fingerprint density at radius 2 is 0.760 bits per heavy atom. The summed E-state index contributed by atoms with van der Waals surface area (Å²) in [6.07, 6.45) is 8.66. The minimum Gasteiger partial charge on any atom is -0.483 e. The van der Waals surface area contributed by atoms with Gasteiger partial charge >= 0.3 is 0 Å². The molecule has 4 nitrogen and oxygen atoms in total. The van der Waals surface area contributed by atoms with E-state index in [0.717, 1.165) is 106 Å². The van der Waals surface area contributed by atoms with Gasteiger partial charge in [-0.2, -0.15) is 0 Å². The molecule has 1 aliphatic heterocycles. The zero-order chi connectivity index (χ0) is 64.0. The van der Waals surface area contributed by atoms with Crippen LogP contribution < -0.4 is 14.5 Å². The normalized spacial score (nSPS) is 15.7. The number of hydrogen-bond acceptors (Lipinski definition) is 4. The molecule has 2 unspecified atom stereocenters. The molecular weight excluding hydrogens is 1170 g/mol. The van der Waals surface area contributed by atoms with E-state index in [2.05, 4.69) is 353 Å². The van der Waals surface area contributed by atoms with Crippen molar-refractivity contribution in [3.05, 3.63) is 343 Å². The highest BCUT2D eigenvalue weighted by Gasteiger charge is 2.39. The lowest BCUT2D eigenvalue weighted by molar-refractivity contribution is 0.269. The number of anilines is 6. The van der Waals surface area contributed by atoms with Gasteiger partial charge in [0.15, 0.2) is 5.58 Å². The Morgan fingerprint density at radius 1 is 0.312 bits per heavy atom. The van der Waals surface area contributed by atoms with E-state index in [0.29, 0.717) is 0 Å². The molecule has 0 amide bonds. The fourth-order valence-electron chi connectivity index (χ4n) is 16.7. The summed E-state index contributed by atoms with van der Waals surface area (Å²) in [6.45, 7) is 9.58. The van der Waals surface area contributed by atoms with Crippen LogP contribution in [0.4, 0.5) is 34.1 Å². The summed E-state index contributed by atoms with van der Waals surface area (Å²) in [6, 6.07) is 108. The van der Waals surface area contributed by atoms with E-state index in [1.165, 1.54) is 72.3 Å². The maximum atomic E-state index is 7.11. The van der Waals surface area contributed by atoms with Gasteiger partial charge in [-0.3, -0.25) is 0 Å². The van der Waals surface area contributed by atoms with E-state index in [9.17, 15) is 0 Å². The summed E-state index contributed by atoms with van der Waals surface area (Å²) in [5, 5.41) is 6.77. The van der Waals surface area contributed by atoms with Crippen molar-refractivity contribution >= 4 is 77.6 Å². The molecule has 456 valence electrons. The zero-order valence-electron chi connectivity index (χ0n) is 53.9. The summed E-state index contributed by atoms with van der Waals surface area (Å²) >= 11 is 0. The number of furan rings is 1. The fourth-order valence-corrected chi connectivity index (χ4v) is 16.7. The second-order valence-corrected chi connectivity index (χ2v) is 27.4. The van der Waals surface area contributed by atoms with Gasteiger partial charge in [-0.05, 0) is 195 Å². The van der Waals surface area contributed by atoms with Crippen molar-refractivity contribution in [3.63, 3.8) is 0 Å². The van der Waals surface area contributed by atoms with Gasteiger partial charge in [0.05, 0.1) is 11.4 Å². The number of allylic oxidation sites excluding steroid dienone is 2. The Kier molecular flexibility index (Phi) is 12.5. The largest absolute Gasteiger partial charge is 0.483 e. The van der Waals surface area contributed by atoms with Crippen LogP contribution in [0.15, 0.2) is 320 Å². The highest BCUT2D eigenvalue weighted by Crippen LogP contribution is 2.57. The highest BCUT2D eigenvalue weighted by molar-refractivity contribution is 6.23. The average Bonchev–Trinajstić information content (AvgIpc) is 1.21. The van der Waals surface area contributed by atoms with Crippen molar-refractivity contribution in [2.45, 2.75) is 50.5 Å². The van der Waals surface area contributed by atoms with Gasteiger partial charge in [-0.1, -0.05) is 258 Å². The number of benzene rings is 14. The molecule has 19 rings (SSSR count). The second kappa shape index (κ2) is 21.4. The van der Waals surface area contributed by atoms with Crippen LogP contribution in [0.3, 0.4) is 0 Å². The van der Waals surface area contributed by atoms with E-state index in [4.69, 9.17) is 9.15 Å². The van der Waals surface area contributed by atoms with Crippen molar-refractivity contribution in [3.8, 4) is 72.5 Å². The van der Waals surface area contributed by atoms with E-state index in [-0.39, 0.29) is 22.9 Å². The van der Waals surface area contributed by atoms with E-state index in [1.54, 1.807) is 0 Å². The first-order valence-electron chi connectivity index (χ1n) is 33.6. The predicted octanol–water partition coefficient (Wildman–Crippen LogP) is 25.1. The van der Waals surface area contributed by atoms with Crippen molar-refractivity contribution in [1.29, 1.82) is 0 Å². The first-order chi connectivity index (χ1) is 47.1. The van der Waals surface area contributed by atoms with E-state index >= 15 is 0 Å². The smallest absolute Gasteiger partial charge is 0.159 e. The second-order valence-electron chi connectivity index (χ2n) is 27.4. The van der Waals surface area contributed by atoms with Crippen molar-refractivity contribution in [2.24, 2.45) is 0 Å².